The summed E-state index contributed by atoms with van der Waals surface area (Å²) in [6, 6.07) is 7.55. The third-order valence-electron chi connectivity index (χ3n) is 6.69. The molecule has 0 aliphatic carbocycles. The van der Waals surface area contributed by atoms with Crippen molar-refractivity contribution in [2.75, 3.05) is 18.0 Å². The minimum Gasteiger partial charge on any atom is -0.444 e. The fourth-order valence-electron chi connectivity index (χ4n) is 4.91. The monoisotopic (exact) mass is 533 g/mol. The topological polar surface area (TPSA) is 89.3 Å². The highest BCUT2D eigenvalue weighted by molar-refractivity contribution is 6.30. The first-order valence-electron chi connectivity index (χ1n) is 12.7. The van der Waals surface area contributed by atoms with Crippen LogP contribution in [0.1, 0.15) is 40.3 Å². The molecule has 3 aromatic heterocycles. The molecule has 0 saturated carbocycles. The van der Waals surface area contributed by atoms with Crippen molar-refractivity contribution in [2.24, 2.45) is 0 Å². The highest BCUT2D eigenvalue weighted by Crippen LogP contribution is 2.38. The predicted molar refractivity (Wildman–Crippen MR) is 149 cm³/mol. The zero-order valence-electron chi connectivity index (χ0n) is 22.5. The number of piperazine rings is 1. The smallest absolute Gasteiger partial charge is 0.410 e. The van der Waals surface area contributed by atoms with E-state index in [0.717, 1.165) is 39.5 Å². The second-order valence-electron chi connectivity index (χ2n) is 10.8. The maximum atomic E-state index is 12.9. The van der Waals surface area contributed by atoms with Crippen LogP contribution in [0.15, 0.2) is 49.2 Å². The second-order valence-corrected chi connectivity index (χ2v) is 11.2. The molecule has 9 nitrogen and oxygen atoms in total. The summed E-state index contributed by atoms with van der Waals surface area (Å²) in [5.74, 6) is 0.797. The molecule has 1 aliphatic rings. The molecule has 1 saturated heterocycles. The molecule has 0 bridgehead atoms. The lowest BCUT2D eigenvalue weighted by Gasteiger charge is -2.44. The Morgan fingerprint density at radius 1 is 1.00 bits per heavy atom. The number of hydrogen-bond donors (Lipinski definition) is 0. The van der Waals surface area contributed by atoms with Gasteiger partial charge in [0, 0.05) is 60.0 Å². The summed E-state index contributed by atoms with van der Waals surface area (Å²) in [4.78, 5) is 35.6. The van der Waals surface area contributed by atoms with E-state index in [4.69, 9.17) is 26.3 Å². The molecule has 0 unspecified atom stereocenters. The summed E-state index contributed by atoms with van der Waals surface area (Å²) in [6.45, 7) is 12.8. The zero-order valence-corrected chi connectivity index (χ0v) is 23.3. The van der Waals surface area contributed by atoms with E-state index in [9.17, 15) is 4.79 Å². The maximum absolute atomic E-state index is 12.9. The summed E-state index contributed by atoms with van der Waals surface area (Å²) in [6.07, 6.45) is 6.72. The number of fused-ring (bicyclic) bond motifs is 1. The van der Waals surface area contributed by atoms with Crippen molar-refractivity contribution in [3.63, 3.8) is 0 Å². The third-order valence-corrected chi connectivity index (χ3v) is 6.94. The van der Waals surface area contributed by atoms with Gasteiger partial charge in [-0.2, -0.15) is 0 Å². The van der Waals surface area contributed by atoms with Crippen molar-refractivity contribution in [2.45, 2.75) is 59.2 Å². The number of ether oxygens (including phenoxy) is 1. The van der Waals surface area contributed by atoms with Crippen molar-refractivity contribution in [1.82, 2.24) is 29.4 Å². The number of amides is 1. The summed E-state index contributed by atoms with van der Waals surface area (Å²) >= 11 is 6.17. The average Bonchev–Trinajstić information content (AvgIpc) is 3.24. The highest BCUT2D eigenvalue weighted by Gasteiger charge is 2.36. The number of halogens is 1. The molecule has 0 spiro atoms. The summed E-state index contributed by atoms with van der Waals surface area (Å²) < 4.78 is 7.71. The lowest BCUT2D eigenvalue weighted by atomic mass is 10.1. The molecule has 1 aliphatic heterocycles. The quantitative estimate of drug-likeness (QED) is 0.335. The van der Waals surface area contributed by atoms with Crippen molar-refractivity contribution < 1.29 is 9.53 Å². The van der Waals surface area contributed by atoms with Gasteiger partial charge in [0.25, 0.3) is 0 Å². The minimum absolute atomic E-state index is 0.00787. The zero-order chi connectivity index (χ0) is 27.2. The maximum Gasteiger partial charge on any atom is 0.410 e. The van der Waals surface area contributed by atoms with Crippen LogP contribution in [-0.4, -0.2) is 66.3 Å². The molecule has 10 heteroatoms. The Hall–Kier alpha value is -3.72. The van der Waals surface area contributed by atoms with E-state index in [-0.39, 0.29) is 18.2 Å². The van der Waals surface area contributed by atoms with Gasteiger partial charge in [-0.25, -0.2) is 14.8 Å². The van der Waals surface area contributed by atoms with Crippen LogP contribution in [0.4, 0.5) is 10.6 Å². The summed E-state index contributed by atoms with van der Waals surface area (Å²) in [5.41, 5.74) is 3.61. The van der Waals surface area contributed by atoms with Crippen LogP contribution in [0, 0.1) is 6.92 Å². The normalized spacial score (nSPS) is 18.2. The first kappa shape index (κ1) is 25.9. The first-order chi connectivity index (χ1) is 18.0. The standard InChI is InChI=1S/C28H32ClN7O2/c1-17-14-35(27(37)38-28(4,5)6)18(2)13-34(17)25-23-22(24-19(3)30-11-12-31-24)15-36(26(23)33-16-32-25)21-9-7-20(29)8-10-21/h7-12,15-18H,13-14H2,1-6H3/t17-,18+/m0/s1. The van der Waals surface area contributed by atoms with Gasteiger partial charge in [0.1, 0.15) is 17.7 Å². The van der Waals surface area contributed by atoms with Crippen LogP contribution in [-0.2, 0) is 4.74 Å². The molecule has 5 rings (SSSR count). The van der Waals surface area contributed by atoms with Crippen LogP contribution in [0.5, 0.6) is 0 Å². The number of aryl methyl sites for hydroxylation is 1. The number of aromatic nitrogens is 5. The van der Waals surface area contributed by atoms with Crippen LogP contribution < -0.4 is 4.90 Å². The number of anilines is 1. The fraction of sp³-hybridized carbons (Fsp3) is 0.393. The molecular weight excluding hydrogens is 502 g/mol. The summed E-state index contributed by atoms with van der Waals surface area (Å²) in [5, 5.41) is 1.55. The number of rotatable bonds is 3. The molecular formula is C28H32ClN7O2. The fourth-order valence-corrected chi connectivity index (χ4v) is 5.04. The lowest BCUT2D eigenvalue weighted by molar-refractivity contribution is 0.0130. The number of nitrogens with zero attached hydrogens (tertiary/aromatic N) is 7. The molecule has 38 heavy (non-hydrogen) atoms. The van der Waals surface area contributed by atoms with Crippen molar-refractivity contribution in [3.8, 4) is 16.9 Å². The molecule has 4 aromatic rings. The van der Waals surface area contributed by atoms with E-state index in [0.29, 0.717) is 18.1 Å². The van der Waals surface area contributed by atoms with Crippen molar-refractivity contribution in [3.05, 3.63) is 59.9 Å². The Morgan fingerprint density at radius 3 is 2.39 bits per heavy atom. The van der Waals surface area contributed by atoms with Crippen LogP contribution in [0.25, 0.3) is 28.0 Å². The van der Waals surface area contributed by atoms with Gasteiger partial charge in [-0.1, -0.05) is 11.6 Å². The van der Waals surface area contributed by atoms with Gasteiger partial charge in [0.15, 0.2) is 5.65 Å². The SMILES string of the molecule is Cc1nccnc1-c1cn(-c2ccc(Cl)cc2)c2ncnc(N3C[C@@H](C)N(C(=O)OC(C)(C)C)C[C@@H]3C)c12. The Balaban J connectivity index is 1.62. The predicted octanol–water partition coefficient (Wildman–Crippen LogP) is 5.67. The van der Waals surface area contributed by atoms with Crippen molar-refractivity contribution in [1.29, 1.82) is 0 Å². The first-order valence-corrected chi connectivity index (χ1v) is 13.1. The molecule has 0 radical (unpaired) electrons. The molecule has 4 heterocycles. The third kappa shape index (κ3) is 4.90. The van der Waals surface area contributed by atoms with E-state index < -0.39 is 5.60 Å². The van der Waals surface area contributed by atoms with Gasteiger partial charge in [-0.05, 0) is 65.8 Å². The largest absolute Gasteiger partial charge is 0.444 e. The Labute approximate surface area is 227 Å². The van der Waals surface area contributed by atoms with Crippen LogP contribution in [0.3, 0.4) is 0 Å². The average molecular weight is 534 g/mol. The van der Waals surface area contributed by atoms with Gasteiger partial charge in [0.2, 0.25) is 0 Å². The number of carbonyl (C=O) groups excluding carboxylic acids is 1. The Kier molecular flexibility index (Phi) is 6.73. The highest BCUT2D eigenvalue weighted by atomic mass is 35.5. The molecule has 1 aromatic carbocycles. The van der Waals surface area contributed by atoms with Gasteiger partial charge in [-0.3, -0.25) is 9.97 Å². The number of hydrogen-bond acceptors (Lipinski definition) is 7. The van der Waals surface area contributed by atoms with E-state index in [2.05, 4.69) is 21.8 Å². The van der Waals surface area contributed by atoms with Crippen molar-refractivity contribution >= 4 is 34.5 Å². The lowest BCUT2D eigenvalue weighted by Crippen LogP contribution is -2.59. The van der Waals surface area contributed by atoms with Crippen LogP contribution >= 0.6 is 11.6 Å². The van der Waals surface area contributed by atoms with Gasteiger partial charge >= 0.3 is 6.09 Å². The molecule has 198 valence electrons. The second kappa shape index (κ2) is 9.87. The number of carbonyl (C=O) groups is 1. The molecule has 2 atom stereocenters. The van der Waals surface area contributed by atoms with Crippen LogP contribution in [0.2, 0.25) is 5.02 Å². The van der Waals surface area contributed by atoms with E-state index in [1.807, 2.05) is 69.6 Å². The van der Waals surface area contributed by atoms with Gasteiger partial charge < -0.3 is 19.1 Å². The summed E-state index contributed by atoms with van der Waals surface area (Å²) in [7, 11) is 0. The molecule has 1 amide bonds. The Bertz CT molecular complexity index is 1480. The number of benzene rings is 1. The minimum atomic E-state index is -0.552. The van der Waals surface area contributed by atoms with Gasteiger partial charge in [0.05, 0.1) is 16.8 Å². The van der Waals surface area contributed by atoms with E-state index in [1.54, 1.807) is 23.6 Å². The van der Waals surface area contributed by atoms with E-state index >= 15 is 0 Å². The molecule has 0 N–H and O–H groups in total. The van der Waals surface area contributed by atoms with Gasteiger partial charge in [-0.15, -0.1) is 0 Å². The Morgan fingerprint density at radius 2 is 1.71 bits per heavy atom. The molecule has 1 fully saturated rings. The van der Waals surface area contributed by atoms with E-state index in [1.165, 1.54) is 0 Å².